The van der Waals surface area contributed by atoms with Gasteiger partial charge in [0.25, 0.3) is 0 Å². The molecule has 4 heteroatoms. The molecule has 0 radical (unpaired) electrons. The minimum Gasteiger partial charge on any atom is -0.496 e. The molecule has 3 aliphatic rings. The average molecular weight is 422 g/mol. The van der Waals surface area contributed by atoms with Gasteiger partial charge in [-0.25, -0.2) is 0 Å². The number of ether oxygens (including phenoxy) is 1. The van der Waals surface area contributed by atoms with Crippen LogP contribution in [0.5, 0.6) is 5.75 Å². The summed E-state index contributed by atoms with van der Waals surface area (Å²) in [4.78, 5) is 2.60. The number of methoxy groups -OCH3 is 1. The third kappa shape index (κ3) is 5.29. The second kappa shape index (κ2) is 10.5. The van der Waals surface area contributed by atoms with Crippen molar-refractivity contribution >= 4 is 12.4 Å². The molecule has 2 fully saturated rings. The molecule has 0 aromatic heterocycles. The van der Waals surface area contributed by atoms with E-state index in [9.17, 15) is 5.11 Å². The number of piperidine rings is 1. The van der Waals surface area contributed by atoms with E-state index >= 15 is 0 Å². The van der Waals surface area contributed by atoms with Gasteiger partial charge < -0.3 is 14.7 Å². The lowest BCUT2D eigenvalue weighted by molar-refractivity contribution is -0.0774. The SMILES string of the molecule is COc1cccc2c1CCCC2CCCN1CCC(O)(C2CCCCC2)CC1.Cl. The minimum absolute atomic E-state index is 0. The zero-order chi connectivity index (χ0) is 19.4. The van der Waals surface area contributed by atoms with Crippen LogP contribution in [0.2, 0.25) is 0 Å². The van der Waals surface area contributed by atoms with Crippen LogP contribution in [0.3, 0.4) is 0 Å². The molecule has 1 heterocycles. The zero-order valence-electron chi connectivity index (χ0n) is 18.2. The molecule has 1 saturated carbocycles. The number of benzene rings is 1. The van der Waals surface area contributed by atoms with Crippen LogP contribution in [0.15, 0.2) is 18.2 Å². The second-order valence-corrected chi connectivity index (χ2v) is 9.54. The lowest BCUT2D eigenvalue weighted by Gasteiger charge is -2.44. The second-order valence-electron chi connectivity index (χ2n) is 9.54. The molecule has 1 aliphatic heterocycles. The van der Waals surface area contributed by atoms with Gasteiger partial charge in [-0.2, -0.15) is 0 Å². The molecule has 1 saturated heterocycles. The summed E-state index contributed by atoms with van der Waals surface area (Å²) < 4.78 is 5.60. The van der Waals surface area contributed by atoms with E-state index in [1.165, 1.54) is 81.9 Å². The van der Waals surface area contributed by atoms with E-state index in [0.717, 1.165) is 31.7 Å². The number of rotatable bonds is 6. The van der Waals surface area contributed by atoms with E-state index in [2.05, 4.69) is 23.1 Å². The molecule has 1 N–H and O–H groups in total. The Morgan fingerprint density at radius 3 is 2.55 bits per heavy atom. The molecule has 1 unspecified atom stereocenters. The topological polar surface area (TPSA) is 32.7 Å². The largest absolute Gasteiger partial charge is 0.496 e. The van der Waals surface area contributed by atoms with Crippen molar-refractivity contribution in [2.75, 3.05) is 26.7 Å². The summed E-state index contributed by atoms with van der Waals surface area (Å²) in [6.45, 7) is 3.36. The number of nitrogens with zero attached hydrogens (tertiary/aromatic N) is 1. The molecule has 0 bridgehead atoms. The van der Waals surface area contributed by atoms with Crippen LogP contribution >= 0.6 is 12.4 Å². The number of halogens is 1. The van der Waals surface area contributed by atoms with Gasteiger partial charge in [0, 0.05) is 13.1 Å². The van der Waals surface area contributed by atoms with Crippen molar-refractivity contribution in [1.29, 1.82) is 0 Å². The number of likely N-dealkylation sites (tertiary alicyclic amines) is 1. The molecule has 1 aromatic rings. The Labute approximate surface area is 183 Å². The molecule has 4 rings (SSSR count). The summed E-state index contributed by atoms with van der Waals surface area (Å²) in [5.74, 6) is 2.35. The van der Waals surface area contributed by atoms with E-state index in [1.54, 1.807) is 7.11 Å². The Kier molecular flexibility index (Phi) is 8.30. The molecule has 164 valence electrons. The Morgan fingerprint density at radius 2 is 1.83 bits per heavy atom. The summed E-state index contributed by atoms with van der Waals surface area (Å²) in [5, 5.41) is 11.2. The Bertz CT molecular complexity index is 636. The van der Waals surface area contributed by atoms with Crippen molar-refractivity contribution in [1.82, 2.24) is 4.90 Å². The fourth-order valence-electron chi connectivity index (χ4n) is 6.18. The van der Waals surface area contributed by atoms with Gasteiger partial charge in [0.05, 0.1) is 12.7 Å². The highest BCUT2D eigenvalue weighted by Crippen LogP contribution is 2.40. The molecule has 0 spiro atoms. The first-order chi connectivity index (χ1) is 13.7. The summed E-state index contributed by atoms with van der Waals surface area (Å²) >= 11 is 0. The van der Waals surface area contributed by atoms with E-state index < -0.39 is 0 Å². The van der Waals surface area contributed by atoms with Gasteiger partial charge in [-0.3, -0.25) is 0 Å². The monoisotopic (exact) mass is 421 g/mol. The van der Waals surface area contributed by atoms with Gasteiger partial charge in [0.1, 0.15) is 5.75 Å². The first-order valence-electron chi connectivity index (χ1n) is 11.8. The smallest absolute Gasteiger partial charge is 0.122 e. The van der Waals surface area contributed by atoms with Gasteiger partial charge in [0.15, 0.2) is 0 Å². The van der Waals surface area contributed by atoms with E-state index in [0.29, 0.717) is 11.8 Å². The summed E-state index contributed by atoms with van der Waals surface area (Å²) in [5.41, 5.74) is 2.63. The summed E-state index contributed by atoms with van der Waals surface area (Å²) in [7, 11) is 1.80. The average Bonchev–Trinajstić information content (AvgIpc) is 2.75. The van der Waals surface area contributed by atoms with Crippen molar-refractivity contribution < 1.29 is 9.84 Å². The zero-order valence-corrected chi connectivity index (χ0v) is 19.0. The first kappa shape index (κ1) is 22.9. The molecular weight excluding hydrogens is 382 g/mol. The quantitative estimate of drug-likeness (QED) is 0.637. The third-order valence-electron chi connectivity index (χ3n) is 7.92. The van der Waals surface area contributed by atoms with Crippen molar-refractivity contribution in [2.45, 2.75) is 88.6 Å². The molecule has 3 nitrogen and oxygen atoms in total. The van der Waals surface area contributed by atoms with E-state index in [-0.39, 0.29) is 18.0 Å². The summed E-state index contributed by atoms with van der Waals surface area (Å²) in [6, 6.07) is 6.60. The molecule has 1 aromatic carbocycles. The fraction of sp³-hybridized carbons (Fsp3) is 0.760. The lowest BCUT2D eigenvalue weighted by Crippen LogP contribution is -2.49. The fourth-order valence-corrected chi connectivity index (χ4v) is 6.18. The van der Waals surface area contributed by atoms with Gasteiger partial charge in [-0.1, -0.05) is 31.4 Å². The first-order valence-corrected chi connectivity index (χ1v) is 11.8. The molecule has 2 aliphatic carbocycles. The maximum atomic E-state index is 11.2. The molecule has 1 atom stereocenters. The van der Waals surface area contributed by atoms with Crippen molar-refractivity contribution in [3.05, 3.63) is 29.3 Å². The van der Waals surface area contributed by atoms with Crippen molar-refractivity contribution in [2.24, 2.45) is 5.92 Å². The maximum absolute atomic E-state index is 11.2. The van der Waals surface area contributed by atoms with Crippen LogP contribution in [0, 0.1) is 5.92 Å². The third-order valence-corrected chi connectivity index (χ3v) is 7.92. The Morgan fingerprint density at radius 1 is 1.07 bits per heavy atom. The van der Waals surface area contributed by atoms with Crippen LogP contribution in [0.25, 0.3) is 0 Å². The van der Waals surface area contributed by atoms with Crippen LogP contribution in [-0.4, -0.2) is 42.4 Å². The van der Waals surface area contributed by atoms with Crippen molar-refractivity contribution in [3.63, 3.8) is 0 Å². The van der Waals surface area contributed by atoms with E-state index in [1.807, 2.05) is 0 Å². The number of aliphatic hydroxyl groups is 1. The van der Waals surface area contributed by atoms with Crippen LogP contribution in [0.1, 0.15) is 87.7 Å². The number of fused-ring (bicyclic) bond motifs is 1. The molecule has 29 heavy (non-hydrogen) atoms. The molecular formula is C25H40ClNO2. The highest BCUT2D eigenvalue weighted by atomic mass is 35.5. The predicted octanol–water partition coefficient (Wildman–Crippen LogP) is 5.72. The highest BCUT2D eigenvalue weighted by molar-refractivity contribution is 5.85. The minimum atomic E-state index is -0.365. The van der Waals surface area contributed by atoms with Gasteiger partial charge in [-0.15, -0.1) is 12.4 Å². The van der Waals surface area contributed by atoms with Gasteiger partial charge >= 0.3 is 0 Å². The van der Waals surface area contributed by atoms with Gasteiger partial charge in [-0.05, 0) is 93.4 Å². The van der Waals surface area contributed by atoms with E-state index in [4.69, 9.17) is 4.74 Å². The Hall–Kier alpha value is -0.770. The normalized spacial score (nSPS) is 25.1. The predicted molar refractivity (Wildman–Crippen MR) is 122 cm³/mol. The standard InChI is InChI=1S/C25H39NO2.ClH/c1-28-24-14-6-12-22-20(8-5-13-23(22)24)9-7-17-26-18-15-25(27,16-19-26)21-10-3-2-4-11-21;/h6,12,14,20-21,27H,2-5,7-11,13,15-19H2,1H3;1H. The number of hydrogen-bond donors (Lipinski definition) is 1. The maximum Gasteiger partial charge on any atom is 0.122 e. The van der Waals surface area contributed by atoms with Crippen molar-refractivity contribution in [3.8, 4) is 5.75 Å². The van der Waals surface area contributed by atoms with Crippen LogP contribution in [0.4, 0.5) is 0 Å². The van der Waals surface area contributed by atoms with Crippen LogP contribution < -0.4 is 4.74 Å². The highest BCUT2D eigenvalue weighted by Gasteiger charge is 2.39. The Balaban J connectivity index is 0.00000240. The number of hydrogen-bond acceptors (Lipinski definition) is 3. The van der Waals surface area contributed by atoms with Crippen LogP contribution in [-0.2, 0) is 6.42 Å². The molecule has 0 amide bonds. The van der Waals surface area contributed by atoms with Gasteiger partial charge in [0.2, 0.25) is 0 Å². The lowest BCUT2D eigenvalue weighted by atomic mass is 9.72. The summed E-state index contributed by atoms with van der Waals surface area (Å²) in [6.07, 6.45) is 14.8.